The van der Waals surface area contributed by atoms with E-state index in [2.05, 4.69) is 24.1 Å². The Labute approximate surface area is 136 Å². The topological polar surface area (TPSA) is 46.1 Å². The van der Waals surface area contributed by atoms with Gasteiger partial charge in [-0.25, -0.2) is 0 Å². The van der Waals surface area contributed by atoms with Gasteiger partial charge in [0.1, 0.15) is 0 Å². The molecule has 1 rings (SSSR count). The predicted octanol–water partition coefficient (Wildman–Crippen LogP) is 2.52. The third kappa shape index (κ3) is 7.99. The Morgan fingerprint density at radius 3 is 2.82 bits per heavy atom. The molecule has 1 heterocycles. The van der Waals surface area contributed by atoms with Gasteiger partial charge in [-0.15, -0.1) is 0 Å². The van der Waals surface area contributed by atoms with Crippen LogP contribution < -0.4 is 5.32 Å². The van der Waals surface area contributed by atoms with Crippen LogP contribution in [-0.2, 0) is 9.47 Å². The summed E-state index contributed by atoms with van der Waals surface area (Å²) in [6, 6.07) is 0. The Morgan fingerprint density at radius 1 is 1.23 bits per heavy atom. The van der Waals surface area contributed by atoms with Crippen molar-refractivity contribution < 1.29 is 9.47 Å². The molecule has 1 saturated heterocycles. The van der Waals surface area contributed by atoms with E-state index in [0.717, 1.165) is 38.7 Å². The lowest BCUT2D eigenvalue weighted by molar-refractivity contribution is 0.0536. The van der Waals surface area contributed by atoms with E-state index in [4.69, 9.17) is 14.5 Å². The fourth-order valence-electron chi connectivity index (χ4n) is 2.70. The fourth-order valence-corrected chi connectivity index (χ4v) is 2.70. The Hall–Kier alpha value is -0.810. The van der Waals surface area contributed by atoms with Crippen molar-refractivity contribution in [3.8, 4) is 0 Å². The van der Waals surface area contributed by atoms with Crippen LogP contribution in [0.25, 0.3) is 0 Å². The fraction of sp³-hybridized carbons (Fsp3) is 0.941. The van der Waals surface area contributed by atoms with Gasteiger partial charge in [0.05, 0.1) is 19.8 Å². The van der Waals surface area contributed by atoms with Gasteiger partial charge in [0.2, 0.25) is 0 Å². The highest BCUT2D eigenvalue weighted by molar-refractivity contribution is 5.80. The molecular formula is C17H35N3O2. The summed E-state index contributed by atoms with van der Waals surface area (Å²) in [5.74, 6) is 1.69. The third-order valence-electron chi connectivity index (χ3n) is 3.98. The van der Waals surface area contributed by atoms with Crippen molar-refractivity contribution in [2.75, 3.05) is 53.1 Å². The first-order valence-electron chi connectivity index (χ1n) is 8.91. The zero-order valence-corrected chi connectivity index (χ0v) is 14.8. The molecule has 0 amide bonds. The zero-order valence-electron chi connectivity index (χ0n) is 14.8. The van der Waals surface area contributed by atoms with Crippen LogP contribution in [0.2, 0.25) is 0 Å². The number of aliphatic imine (C=N–C) groups is 1. The number of nitrogens with one attached hydrogen (secondary N) is 1. The summed E-state index contributed by atoms with van der Waals surface area (Å²) in [5.41, 5.74) is 0. The second-order valence-corrected chi connectivity index (χ2v) is 5.96. The van der Waals surface area contributed by atoms with Crippen LogP contribution in [0, 0.1) is 5.92 Å². The van der Waals surface area contributed by atoms with E-state index in [1.165, 1.54) is 32.1 Å². The van der Waals surface area contributed by atoms with Gasteiger partial charge in [-0.1, -0.05) is 26.2 Å². The summed E-state index contributed by atoms with van der Waals surface area (Å²) in [5, 5.41) is 3.43. The number of guanidine groups is 1. The molecule has 1 unspecified atom stereocenters. The van der Waals surface area contributed by atoms with E-state index in [-0.39, 0.29) is 0 Å². The maximum atomic E-state index is 5.66. The molecule has 0 aliphatic carbocycles. The van der Waals surface area contributed by atoms with Crippen LogP contribution in [0.1, 0.15) is 46.0 Å². The minimum absolute atomic E-state index is 0.612. The monoisotopic (exact) mass is 313 g/mol. The molecule has 1 atom stereocenters. The van der Waals surface area contributed by atoms with Crippen LogP contribution >= 0.6 is 0 Å². The zero-order chi connectivity index (χ0) is 16.0. The molecule has 1 fully saturated rings. The lowest BCUT2D eigenvalue weighted by atomic mass is 10.1. The standard InChI is InChI=1S/C17H35N3O2/c1-4-6-7-8-10-19-17(18-5-2)20-11-9-16(14-20)15-22-13-12-21-3/h16H,4-15H2,1-3H3,(H,18,19). The van der Waals surface area contributed by atoms with Crippen LogP contribution in [0.15, 0.2) is 4.99 Å². The summed E-state index contributed by atoms with van der Waals surface area (Å²) < 4.78 is 10.7. The van der Waals surface area contributed by atoms with Gasteiger partial charge in [0.25, 0.3) is 0 Å². The summed E-state index contributed by atoms with van der Waals surface area (Å²) in [7, 11) is 1.71. The number of methoxy groups -OCH3 is 1. The van der Waals surface area contributed by atoms with Crippen molar-refractivity contribution in [3.63, 3.8) is 0 Å². The first kappa shape index (κ1) is 19.2. The third-order valence-corrected chi connectivity index (χ3v) is 3.98. The van der Waals surface area contributed by atoms with E-state index in [1.54, 1.807) is 7.11 Å². The lowest BCUT2D eigenvalue weighted by Gasteiger charge is -2.21. The molecule has 0 aromatic rings. The van der Waals surface area contributed by atoms with Crippen molar-refractivity contribution in [1.29, 1.82) is 0 Å². The number of hydrogen-bond acceptors (Lipinski definition) is 3. The molecule has 0 aromatic heterocycles. The molecule has 130 valence electrons. The molecule has 1 aliphatic heterocycles. The SMILES string of the molecule is CCCCCCN=C(NCC)N1CCC(COCCOC)C1. The summed E-state index contributed by atoms with van der Waals surface area (Å²) in [6.07, 6.45) is 6.26. The van der Waals surface area contributed by atoms with Crippen molar-refractivity contribution >= 4 is 5.96 Å². The van der Waals surface area contributed by atoms with E-state index >= 15 is 0 Å². The molecule has 0 aromatic carbocycles. The van der Waals surface area contributed by atoms with Gasteiger partial charge in [-0.05, 0) is 19.8 Å². The molecule has 0 spiro atoms. The molecule has 0 saturated carbocycles. The van der Waals surface area contributed by atoms with Gasteiger partial charge in [-0.3, -0.25) is 4.99 Å². The van der Waals surface area contributed by atoms with Crippen LogP contribution in [0.4, 0.5) is 0 Å². The van der Waals surface area contributed by atoms with Crippen molar-refractivity contribution in [1.82, 2.24) is 10.2 Å². The number of nitrogens with zero attached hydrogens (tertiary/aromatic N) is 2. The smallest absolute Gasteiger partial charge is 0.193 e. The summed E-state index contributed by atoms with van der Waals surface area (Å²) in [6.45, 7) is 10.6. The maximum Gasteiger partial charge on any atom is 0.193 e. The molecule has 1 aliphatic rings. The Balaban J connectivity index is 2.30. The lowest BCUT2D eigenvalue weighted by Crippen LogP contribution is -2.40. The molecule has 1 N–H and O–H groups in total. The average Bonchev–Trinajstić information content (AvgIpc) is 2.99. The van der Waals surface area contributed by atoms with E-state index in [9.17, 15) is 0 Å². The quantitative estimate of drug-likeness (QED) is 0.362. The second-order valence-electron chi connectivity index (χ2n) is 5.96. The minimum atomic E-state index is 0.612. The molecule has 5 heteroatoms. The normalized spacial score (nSPS) is 19.0. The number of likely N-dealkylation sites (tertiary alicyclic amines) is 1. The second kappa shape index (κ2) is 12.7. The van der Waals surface area contributed by atoms with Gasteiger partial charge in [-0.2, -0.15) is 0 Å². The van der Waals surface area contributed by atoms with Crippen molar-refractivity contribution in [3.05, 3.63) is 0 Å². The van der Waals surface area contributed by atoms with Gasteiger partial charge < -0.3 is 19.7 Å². The van der Waals surface area contributed by atoms with Crippen LogP contribution in [-0.4, -0.2) is 64.0 Å². The highest BCUT2D eigenvalue weighted by atomic mass is 16.5. The molecular weight excluding hydrogens is 278 g/mol. The van der Waals surface area contributed by atoms with Gasteiger partial charge in [0.15, 0.2) is 5.96 Å². The van der Waals surface area contributed by atoms with Gasteiger partial charge >= 0.3 is 0 Å². The summed E-state index contributed by atoms with van der Waals surface area (Å²) >= 11 is 0. The van der Waals surface area contributed by atoms with E-state index in [1.807, 2.05) is 0 Å². The minimum Gasteiger partial charge on any atom is -0.382 e. The van der Waals surface area contributed by atoms with E-state index in [0.29, 0.717) is 19.1 Å². The number of unbranched alkanes of at least 4 members (excludes halogenated alkanes) is 3. The van der Waals surface area contributed by atoms with Crippen LogP contribution in [0.5, 0.6) is 0 Å². The first-order chi connectivity index (χ1) is 10.8. The maximum absolute atomic E-state index is 5.66. The highest BCUT2D eigenvalue weighted by Gasteiger charge is 2.24. The number of rotatable bonds is 11. The molecule has 0 radical (unpaired) electrons. The number of ether oxygens (including phenoxy) is 2. The molecule has 22 heavy (non-hydrogen) atoms. The van der Waals surface area contributed by atoms with Crippen molar-refractivity contribution in [2.24, 2.45) is 10.9 Å². The largest absolute Gasteiger partial charge is 0.382 e. The predicted molar refractivity (Wildman–Crippen MR) is 92.5 cm³/mol. The molecule has 0 bridgehead atoms. The number of hydrogen-bond donors (Lipinski definition) is 1. The Morgan fingerprint density at radius 2 is 2.09 bits per heavy atom. The highest BCUT2D eigenvalue weighted by Crippen LogP contribution is 2.16. The average molecular weight is 313 g/mol. The van der Waals surface area contributed by atoms with Crippen molar-refractivity contribution in [2.45, 2.75) is 46.0 Å². The van der Waals surface area contributed by atoms with E-state index < -0.39 is 0 Å². The molecule has 5 nitrogen and oxygen atoms in total. The Kier molecular flexibility index (Phi) is 11.1. The van der Waals surface area contributed by atoms with Crippen LogP contribution in [0.3, 0.4) is 0 Å². The van der Waals surface area contributed by atoms with Gasteiger partial charge in [0, 0.05) is 39.2 Å². The Bertz CT molecular complexity index is 298. The summed E-state index contributed by atoms with van der Waals surface area (Å²) in [4.78, 5) is 7.16. The first-order valence-corrected chi connectivity index (χ1v) is 8.91.